The second-order valence-corrected chi connectivity index (χ2v) is 5.94. The van der Waals surface area contributed by atoms with Crippen molar-refractivity contribution in [2.45, 2.75) is 31.0 Å². The maximum absolute atomic E-state index is 12.8. The Kier molecular flexibility index (Phi) is 5.17. The van der Waals surface area contributed by atoms with Crippen LogP contribution in [0.3, 0.4) is 0 Å². The van der Waals surface area contributed by atoms with E-state index in [9.17, 15) is 22.8 Å². The molecule has 1 heterocycles. The minimum absolute atomic E-state index is 0.0725. The van der Waals surface area contributed by atoms with E-state index in [-0.39, 0.29) is 18.6 Å². The lowest BCUT2D eigenvalue weighted by molar-refractivity contribution is -0.137. The van der Waals surface area contributed by atoms with Gasteiger partial charge in [-0.2, -0.15) is 13.2 Å². The number of rotatable bonds is 5. The molecule has 8 heteroatoms. The summed E-state index contributed by atoms with van der Waals surface area (Å²) in [6, 6.07) is 4.25. The molecular weight excluding hydrogens is 325 g/mol. The van der Waals surface area contributed by atoms with E-state index < -0.39 is 29.1 Å². The molecule has 5 nitrogen and oxygen atoms in total. The van der Waals surface area contributed by atoms with Crippen LogP contribution < -0.4 is 5.73 Å². The topological polar surface area (TPSA) is 72.6 Å². The van der Waals surface area contributed by atoms with Crippen LogP contribution in [0.5, 0.6) is 0 Å². The Morgan fingerprint density at radius 2 is 2.08 bits per heavy atom. The summed E-state index contributed by atoms with van der Waals surface area (Å²) in [6.07, 6.45) is -3.49. The molecule has 0 unspecified atom stereocenters. The molecule has 2 amide bonds. The monoisotopic (exact) mass is 344 g/mol. The summed E-state index contributed by atoms with van der Waals surface area (Å²) < 4.78 is 43.7. The average molecular weight is 344 g/mol. The van der Waals surface area contributed by atoms with E-state index in [4.69, 9.17) is 10.5 Å². The van der Waals surface area contributed by atoms with Gasteiger partial charge in [0.25, 0.3) is 5.91 Å². The molecule has 0 radical (unpaired) electrons. The Morgan fingerprint density at radius 1 is 1.38 bits per heavy atom. The van der Waals surface area contributed by atoms with E-state index in [0.717, 1.165) is 12.1 Å². The molecule has 0 bridgehead atoms. The molecule has 1 aromatic carbocycles. The average Bonchev–Trinajstić information content (AvgIpc) is 2.88. The van der Waals surface area contributed by atoms with Crippen molar-refractivity contribution in [2.75, 3.05) is 20.3 Å². The van der Waals surface area contributed by atoms with Gasteiger partial charge in [-0.05, 0) is 31.0 Å². The van der Waals surface area contributed by atoms with Crippen molar-refractivity contribution in [1.29, 1.82) is 0 Å². The summed E-state index contributed by atoms with van der Waals surface area (Å²) in [5.41, 5.74) is 3.42. The summed E-state index contributed by atoms with van der Waals surface area (Å²) in [7, 11) is 1.44. The Morgan fingerprint density at radius 3 is 2.67 bits per heavy atom. The number of halogens is 3. The first-order chi connectivity index (χ1) is 11.2. The highest BCUT2D eigenvalue weighted by atomic mass is 19.4. The minimum atomic E-state index is -4.53. The Labute approximate surface area is 137 Å². The minimum Gasteiger partial charge on any atom is -0.382 e. The number of nitrogens with two attached hydrogens (primary N) is 1. The molecule has 132 valence electrons. The van der Waals surface area contributed by atoms with Crippen molar-refractivity contribution in [3.05, 3.63) is 35.4 Å². The molecule has 1 aromatic rings. The highest BCUT2D eigenvalue weighted by Crippen LogP contribution is 2.35. The van der Waals surface area contributed by atoms with Gasteiger partial charge in [0.1, 0.15) is 0 Å². The van der Waals surface area contributed by atoms with E-state index in [1.54, 1.807) is 0 Å². The zero-order valence-electron chi connectivity index (χ0n) is 13.2. The molecule has 0 spiro atoms. The van der Waals surface area contributed by atoms with Gasteiger partial charge in [0.2, 0.25) is 5.91 Å². The Bertz CT molecular complexity index is 633. The lowest BCUT2D eigenvalue weighted by Gasteiger charge is -2.37. The fourth-order valence-corrected chi connectivity index (χ4v) is 3.22. The molecule has 1 aliphatic heterocycles. The fourth-order valence-electron chi connectivity index (χ4n) is 3.22. The van der Waals surface area contributed by atoms with Crippen LogP contribution in [0.4, 0.5) is 13.2 Å². The lowest BCUT2D eigenvalue weighted by Crippen LogP contribution is -2.52. The second kappa shape index (κ2) is 6.80. The zero-order chi connectivity index (χ0) is 18.0. The first-order valence-corrected chi connectivity index (χ1v) is 7.46. The number of carbonyl (C=O) groups excluding carboxylic acids is 2. The zero-order valence-corrected chi connectivity index (χ0v) is 13.2. The first-order valence-electron chi connectivity index (χ1n) is 7.46. The van der Waals surface area contributed by atoms with Crippen LogP contribution in [-0.2, 0) is 15.7 Å². The lowest BCUT2D eigenvalue weighted by atomic mass is 9.91. The summed E-state index contributed by atoms with van der Waals surface area (Å²) in [5.74, 6) is -1.15. The van der Waals surface area contributed by atoms with Gasteiger partial charge in [-0.1, -0.05) is 6.07 Å². The predicted octanol–water partition coefficient (Wildman–Crippen LogP) is 2.20. The molecule has 1 fully saturated rings. The molecule has 2 rings (SSSR count). The molecule has 1 atom stereocenters. The third kappa shape index (κ3) is 3.69. The standard InChI is InChI=1S/C16H19F3N2O3/c1-24-10-15(9-13(20)22)6-3-7-21(15)14(23)11-4-2-5-12(8-11)16(17,18)19/h2,4-5,8H,3,6-7,9-10H2,1H3,(H2,20,22)/t15-/m0/s1. The van der Waals surface area contributed by atoms with Crippen molar-refractivity contribution in [3.63, 3.8) is 0 Å². The van der Waals surface area contributed by atoms with Gasteiger partial charge in [0.15, 0.2) is 0 Å². The van der Waals surface area contributed by atoms with Gasteiger partial charge in [0.05, 0.1) is 24.1 Å². The number of carbonyl (C=O) groups is 2. The highest BCUT2D eigenvalue weighted by Gasteiger charge is 2.45. The number of alkyl halides is 3. The third-order valence-electron chi connectivity index (χ3n) is 4.19. The maximum atomic E-state index is 12.8. The van der Waals surface area contributed by atoms with Crippen LogP contribution in [0.25, 0.3) is 0 Å². The molecule has 1 saturated heterocycles. The largest absolute Gasteiger partial charge is 0.416 e. The number of primary amides is 1. The number of nitrogens with zero attached hydrogens (tertiary/aromatic N) is 1. The van der Waals surface area contributed by atoms with E-state index >= 15 is 0 Å². The van der Waals surface area contributed by atoms with Crippen LogP contribution in [0.15, 0.2) is 24.3 Å². The van der Waals surface area contributed by atoms with Gasteiger partial charge in [-0.15, -0.1) is 0 Å². The van der Waals surface area contributed by atoms with Gasteiger partial charge < -0.3 is 15.4 Å². The number of hydrogen-bond acceptors (Lipinski definition) is 3. The molecule has 0 saturated carbocycles. The Hall–Kier alpha value is -2.09. The SMILES string of the molecule is COC[C@@]1(CC(N)=O)CCCN1C(=O)c1cccc(C(F)(F)F)c1. The van der Waals surface area contributed by atoms with Gasteiger partial charge in [-0.3, -0.25) is 9.59 Å². The van der Waals surface area contributed by atoms with Gasteiger partial charge >= 0.3 is 6.18 Å². The number of methoxy groups -OCH3 is 1. The number of ether oxygens (including phenoxy) is 1. The number of hydrogen-bond donors (Lipinski definition) is 1. The second-order valence-electron chi connectivity index (χ2n) is 5.94. The van der Waals surface area contributed by atoms with Crippen LogP contribution >= 0.6 is 0 Å². The quantitative estimate of drug-likeness (QED) is 0.890. The fraction of sp³-hybridized carbons (Fsp3) is 0.500. The summed E-state index contributed by atoms with van der Waals surface area (Å²) in [5, 5.41) is 0. The smallest absolute Gasteiger partial charge is 0.382 e. The van der Waals surface area contributed by atoms with Crippen molar-refractivity contribution >= 4 is 11.8 Å². The molecule has 2 N–H and O–H groups in total. The first kappa shape index (κ1) is 18.3. The molecule has 24 heavy (non-hydrogen) atoms. The summed E-state index contributed by atoms with van der Waals surface area (Å²) in [4.78, 5) is 25.6. The molecule has 0 aromatic heterocycles. The molecular formula is C16H19F3N2O3. The summed E-state index contributed by atoms with van der Waals surface area (Å²) >= 11 is 0. The van der Waals surface area contributed by atoms with Gasteiger partial charge in [0, 0.05) is 19.2 Å². The van der Waals surface area contributed by atoms with Crippen molar-refractivity contribution in [3.8, 4) is 0 Å². The van der Waals surface area contributed by atoms with Crippen LogP contribution in [-0.4, -0.2) is 42.5 Å². The predicted molar refractivity (Wildman–Crippen MR) is 80.1 cm³/mol. The number of benzene rings is 1. The van der Waals surface area contributed by atoms with E-state index in [2.05, 4.69) is 0 Å². The molecule has 0 aliphatic carbocycles. The van der Waals surface area contributed by atoms with E-state index in [1.165, 1.54) is 24.1 Å². The summed E-state index contributed by atoms with van der Waals surface area (Å²) in [6.45, 7) is 0.437. The third-order valence-corrected chi connectivity index (χ3v) is 4.19. The number of amides is 2. The highest BCUT2D eigenvalue weighted by molar-refractivity contribution is 5.95. The van der Waals surface area contributed by atoms with E-state index in [0.29, 0.717) is 19.4 Å². The number of likely N-dealkylation sites (tertiary alicyclic amines) is 1. The van der Waals surface area contributed by atoms with Crippen LogP contribution in [0.2, 0.25) is 0 Å². The van der Waals surface area contributed by atoms with Crippen LogP contribution in [0.1, 0.15) is 35.2 Å². The van der Waals surface area contributed by atoms with E-state index in [1.807, 2.05) is 0 Å². The van der Waals surface area contributed by atoms with Crippen LogP contribution in [0, 0.1) is 0 Å². The maximum Gasteiger partial charge on any atom is 0.416 e. The van der Waals surface area contributed by atoms with Gasteiger partial charge in [-0.25, -0.2) is 0 Å². The Balaban J connectivity index is 2.35. The molecule has 1 aliphatic rings. The van der Waals surface area contributed by atoms with Crippen molar-refractivity contribution < 1.29 is 27.5 Å². The normalized spacial score (nSPS) is 21.1. The van der Waals surface area contributed by atoms with Crippen molar-refractivity contribution in [1.82, 2.24) is 4.90 Å². The van der Waals surface area contributed by atoms with Crippen molar-refractivity contribution in [2.24, 2.45) is 5.73 Å².